The van der Waals surface area contributed by atoms with Crippen LogP contribution in [0.3, 0.4) is 0 Å². The summed E-state index contributed by atoms with van der Waals surface area (Å²) < 4.78 is 1.60. The Morgan fingerprint density at radius 3 is 3.00 bits per heavy atom. The van der Waals surface area contributed by atoms with Gasteiger partial charge in [-0.1, -0.05) is 6.07 Å². The molecule has 0 radical (unpaired) electrons. The van der Waals surface area contributed by atoms with Crippen LogP contribution in [-0.2, 0) is 13.6 Å². The van der Waals surface area contributed by atoms with Crippen LogP contribution in [0, 0.1) is 0 Å². The van der Waals surface area contributed by atoms with Gasteiger partial charge < -0.3 is 4.57 Å². The van der Waals surface area contributed by atoms with Crippen LogP contribution in [-0.4, -0.2) is 27.5 Å². The second kappa shape index (κ2) is 5.59. The molecular formula is C16H19N3O. The van der Waals surface area contributed by atoms with E-state index in [0.29, 0.717) is 5.92 Å². The highest BCUT2D eigenvalue weighted by molar-refractivity contribution is 5.14. The lowest BCUT2D eigenvalue weighted by molar-refractivity contribution is 0.326. The predicted octanol–water partition coefficient (Wildman–Crippen LogP) is 1.77. The molecule has 0 amide bonds. The fourth-order valence-corrected chi connectivity index (χ4v) is 2.78. The Bertz CT molecular complexity index is 636. The van der Waals surface area contributed by atoms with Gasteiger partial charge in [0.25, 0.3) is 5.56 Å². The molecule has 0 aromatic carbocycles. The van der Waals surface area contributed by atoms with E-state index in [1.165, 1.54) is 5.69 Å². The Morgan fingerprint density at radius 2 is 2.25 bits per heavy atom. The minimum absolute atomic E-state index is 0.0583. The predicted molar refractivity (Wildman–Crippen MR) is 78.6 cm³/mol. The van der Waals surface area contributed by atoms with Gasteiger partial charge >= 0.3 is 0 Å². The van der Waals surface area contributed by atoms with Gasteiger partial charge in [-0.05, 0) is 36.7 Å². The summed E-state index contributed by atoms with van der Waals surface area (Å²) in [6.45, 7) is 2.93. The Kier molecular flexibility index (Phi) is 3.65. The van der Waals surface area contributed by atoms with Crippen molar-refractivity contribution < 1.29 is 0 Å². The molecule has 0 spiro atoms. The summed E-state index contributed by atoms with van der Waals surface area (Å²) in [5.74, 6) is 0.516. The van der Waals surface area contributed by atoms with Crippen molar-refractivity contribution >= 4 is 0 Å². The van der Waals surface area contributed by atoms with E-state index in [0.717, 1.165) is 31.6 Å². The average Bonchev–Trinajstić information content (AvgIpc) is 2.92. The van der Waals surface area contributed by atoms with E-state index in [1.807, 2.05) is 30.6 Å². The van der Waals surface area contributed by atoms with E-state index in [9.17, 15) is 4.79 Å². The van der Waals surface area contributed by atoms with Crippen LogP contribution in [0.5, 0.6) is 0 Å². The van der Waals surface area contributed by atoms with Gasteiger partial charge in [0.2, 0.25) is 0 Å². The van der Waals surface area contributed by atoms with Crippen molar-refractivity contribution in [1.29, 1.82) is 0 Å². The lowest BCUT2D eigenvalue weighted by atomic mass is 10.0. The van der Waals surface area contributed by atoms with Crippen LogP contribution in [0.1, 0.15) is 23.6 Å². The van der Waals surface area contributed by atoms with Gasteiger partial charge in [0.1, 0.15) is 0 Å². The minimum Gasteiger partial charge on any atom is -0.319 e. The Morgan fingerprint density at radius 1 is 1.35 bits per heavy atom. The highest BCUT2D eigenvalue weighted by atomic mass is 16.1. The largest absolute Gasteiger partial charge is 0.319 e. The standard InChI is InChI=1S/C16H19N3O/c1-18-8-5-13(10-16(18)20)11-19-9-6-14(12-19)15-4-2-3-7-17-15/h2-5,7-8,10,14H,6,9,11-12H2,1H3. The average molecular weight is 269 g/mol. The molecule has 104 valence electrons. The number of pyridine rings is 2. The Balaban J connectivity index is 1.66. The summed E-state index contributed by atoms with van der Waals surface area (Å²) in [7, 11) is 1.78. The zero-order chi connectivity index (χ0) is 13.9. The summed E-state index contributed by atoms with van der Waals surface area (Å²) >= 11 is 0. The van der Waals surface area contributed by atoms with Crippen molar-refractivity contribution in [2.24, 2.45) is 7.05 Å². The zero-order valence-electron chi connectivity index (χ0n) is 11.7. The van der Waals surface area contributed by atoms with Gasteiger partial charge in [0.05, 0.1) is 0 Å². The summed E-state index contributed by atoms with van der Waals surface area (Å²) in [6, 6.07) is 9.86. The number of hydrogen-bond donors (Lipinski definition) is 0. The molecule has 0 aliphatic carbocycles. The van der Waals surface area contributed by atoms with E-state index in [2.05, 4.69) is 16.0 Å². The lowest BCUT2D eigenvalue weighted by Gasteiger charge is -2.16. The van der Waals surface area contributed by atoms with E-state index >= 15 is 0 Å². The fraction of sp³-hybridized carbons (Fsp3) is 0.375. The van der Waals surface area contributed by atoms with Gasteiger partial charge in [-0.15, -0.1) is 0 Å². The van der Waals surface area contributed by atoms with Crippen LogP contribution in [0.4, 0.5) is 0 Å². The van der Waals surface area contributed by atoms with Gasteiger partial charge in [-0.25, -0.2) is 0 Å². The van der Waals surface area contributed by atoms with Crippen molar-refractivity contribution in [1.82, 2.24) is 14.5 Å². The van der Waals surface area contributed by atoms with Gasteiger partial charge in [0, 0.05) is 50.2 Å². The van der Waals surface area contributed by atoms with Crippen molar-refractivity contribution in [3.8, 4) is 0 Å². The topological polar surface area (TPSA) is 38.1 Å². The first-order chi connectivity index (χ1) is 9.72. The second-order valence-corrected chi connectivity index (χ2v) is 5.46. The number of rotatable bonds is 3. The monoisotopic (exact) mass is 269 g/mol. The summed E-state index contributed by atoms with van der Waals surface area (Å²) in [5, 5.41) is 0. The Labute approximate surface area is 118 Å². The first-order valence-electron chi connectivity index (χ1n) is 7.01. The third-order valence-electron chi connectivity index (χ3n) is 3.95. The molecule has 1 unspecified atom stereocenters. The molecule has 0 N–H and O–H groups in total. The van der Waals surface area contributed by atoms with E-state index in [1.54, 1.807) is 17.7 Å². The molecule has 1 aliphatic heterocycles. The maximum absolute atomic E-state index is 11.6. The molecule has 0 bridgehead atoms. The first kappa shape index (κ1) is 13.1. The summed E-state index contributed by atoms with van der Waals surface area (Å²) in [6.07, 6.45) is 4.84. The highest BCUT2D eigenvalue weighted by Gasteiger charge is 2.24. The first-order valence-corrected chi connectivity index (χ1v) is 7.01. The van der Waals surface area contributed by atoms with Crippen LogP contribution in [0.25, 0.3) is 0 Å². The molecule has 0 saturated carbocycles. The van der Waals surface area contributed by atoms with Crippen LogP contribution >= 0.6 is 0 Å². The maximum atomic E-state index is 11.6. The number of hydrogen-bond acceptors (Lipinski definition) is 3. The maximum Gasteiger partial charge on any atom is 0.250 e. The van der Waals surface area contributed by atoms with Gasteiger partial charge in [-0.2, -0.15) is 0 Å². The van der Waals surface area contributed by atoms with E-state index < -0.39 is 0 Å². The number of likely N-dealkylation sites (tertiary alicyclic amines) is 1. The molecular weight excluding hydrogens is 250 g/mol. The highest BCUT2D eigenvalue weighted by Crippen LogP contribution is 2.26. The molecule has 1 aliphatic rings. The summed E-state index contributed by atoms with van der Waals surface area (Å²) in [5.41, 5.74) is 2.33. The van der Waals surface area contributed by atoms with Crippen molar-refractivity contribution in [2.45, 2.75) is 18.9 Å². The third kappa shape index (κ3) is 2.80. The molecule has 2 aromatic rings. The molecule has 4 heteroatoms. The molecule has 3 heterocycles. The SMILES string of the molecule is Cn1ccc(CN2CCC(c3ccccn3)C2)cc1=O. The van der Waals surface area contributed by atoms with Gasteiger partial charge in [-0.3, -0.25) is 14.7 Å². The molecule has 2 aromatic heterocycles. The Hall–Kier alpha value is -1.94. The second-order valence-electron chi connectivity index (χ2n) is 5.46. The number of aryl methyl sites for hydroxylation is 1. The summed E-state index contributed by atoms with van der Waals surface area (Å²) in [4.78, 5) is 18.5. The molecule has 20 heavy (non-hydrogen) atoms. The fourth-order valence-electron chi connectivity index (χ4n) is 2.78. The number of nitrogens with zero attached hydrogens (tertiary/aromatic N) is 3. The van der Waals surface area contributed by atoms with Crippen LogP contribution in [0.2, 0.25) is 0 Å². The molecule has 1 fully saturated rings. The lowest BCUT2D eigenvalue weighted by Crippen LogP contribution is -2.22. The zero-order valence-corrected chi connectivity index (χ0v) is 11.7. The van der Waals surface area contributed by atoms with Crippen LogP contribution < -0.4 is 5.56 Å². The molecule has 4 nitrogen and oxygen atoms in total. The molecule has 1 atom stereocenters. The van der Waals surface area contributed by atoms with E-state index in [-0.39, 0.29) is 5.56 Å². The van der Waals surface area contributed by atoms with Crippen LogP contribution in [0.15, 0.2) is 47.5 Å². The molecule has 1 saturated heterocycles. The third-order valence-corrected chi connectivity index (χ3v) is 3.95. The minimum atomic E-state index is 0.0583. The smallest absolute Gasteiger partial charge is 0.250 e. The van der Waals surface area contributed by atoms with Crippen molar-refractivity contribution in [3.05, 3.63) is 64.3 Å². The van der Waals surface area contributed by atoms with E-state index in [4.69, 9.17) is 0 Å². The van der Waals surface area contributed by atoms with Crippen molar-refractivity contribution in [3.63, 3.8) is 0 Å². The normalized spacial score (nSPS) is 19.4. The van der Waals surface area contributed by atoms with Crippen molar-refractivity contribution in [2.75, 3.05) is 13.1 Å². The number of aromatic nitrogens is 2. The van der Waals surface area contributed by atoms with Gasteiger partial charge in [0.15, 0.2) is 0 Å². The molecule has 3 rings (SSSR count). The quantitative estimate of drug-likeness (QED) is 0.852.